The van der Waals surface area contributed by atoms with Crippen molar-refractivity contribution in [1.29, 1.82) is 0 Å². The molecule has 26 heavy (non-hydrogen) atoms. The van der Waals surface area contributed by atoms with Crippen molar-refractivity contribution in [2.45, 2.75) is 0 Å². The van der Waals surface area contributed by atoms with Crippen LogP contribution in [0.25, 0.3) is 0 Å². The summed E-state index contributed by atoms with van der Waals surface area (Å²) in [6.07, 6.45) is 1.45. The van der Waals surface area contributed by atoms with Crippen LogP contribution in [-0.2, 0) is 0 Å². The summed E-state index contributed by atoms with van der Waals surface area (Å²) in [6, 6.07) is 14.7. The van der Waals surface area contributed by atoms with E-state index in [4.69, 9.17) is 21.4 Å². The van der Waals surface area contributed by atoms with Crippen LogP contribution in [-0.4, -0.2) is 40.3 Å². The molecular weight excluding hydrogens is 354 g/mol. The summed E-state index contributed by atoms with van der Waals surface area (Å²) >= 11 is 6.04. The molecule has 7 nitrogen and oxygen atoms in total. The Morgan fingerprint density at radius 2 is 1.96 bits per heavy atom. The zero-order chi connectivity index (χ0) is 18.4. The van der Waals surface area contributed by atoms with Gasteiger partial charge in [-0.15, -0.1) is 0 Å². The van der Waals surface area contributed by atoms with Crippen LogP contribution in [0.5, 0.6) is 5.75 Å². The van der Waals surface area contributed by atoms with Crippen LogP contribution in [0, 0.1) is 0 Å². The summed E-state index contributed by atoms with van der Waals surface area (Å²) in [5, 5.41) is 12.5. The maximum atomic E-state index is 8.77. The number of aromatic nitrogens is 3. The Kier molecular flexibility index (Phi) is 5.83. The van der Waals surface area contributed by atoms with E-state index in [9.17, 15) is 0 Å². The minimum absolute atomic E-state index is 0.0201. The lowest BCUT2D eigenvalue weighted by molar-refractivity contribution is 0.201. The molecule has 0 saturated heterocycles. The highest BCUT2D eigenvalue weighted by Crippen LogP contribution is 2.24. The lowest BCUT2D eigenvalue weighted by Gasteiger charge is -2.17. The highest BCUT2D eigenvalue weighted by Gasteiger charge is 2.09. The summed E-state index contributed by atoms with van der Waals surface area (Å²) in [6.45, 7) is 0.243. The van der Waals surface area contributed by atoms with Crippen molar-refractivity contribution in [2.24, 2.45) is 0 Å². The molecule has 0 spiro atoms. The van der Waals surface area contributed by atoms with Gasteiger partial charge < -0.3 is 20.1 Å². The van der Waals surface area contributed by atoms with E-state index >= 15 is 0 Å². The van der Waals surface area contributed by atoms with Gasteiger partial charge in [0.05, 0.1) is 6.61 Å². The Labute approximate surface area is 156 Å². The maximum Gasteiger partial charge on any atom is 0.234 e. The number of benzene rings is 2. The number of hydrogen-bond donors (Lipinski definition) is 2. The van der Waals surface area contributed by atoms with Crippen molar-refractivity contribution in [2.75, 3.05) is 30.5 Å². The number of halogens is 1. The molecule has 0 bridgehead atoms. The van der Waals surface area contributed by atoms with Gasteiger partial charge in [0, 0.05) is 23.4 Å². The number of aliphatic hydroxyl groups is 1. The summed E-state index contributed by atoms with van der Waals surface area (Å²) in [5.41, 5.74) is 1.68. The molecule has 8 heteroatoms. The molecule has 0 aliphatic rings. The number of aliphatic hydroxyl groups excluding tert-OH is 1. The highest BCUT2D eigenvalue weighted by molar-refractivity contribution is 6.30. The number of hydrogen-bond acceptors (Lipinski definition) is 7. The van der Waals surface area contributed by atoms with E-state index in [1.807, 2.05) is 48.3 Å². The topological polar surface area (TPSA) is 83.4 Å². The van der Waals surface area contributed by atoms with Crippen molar-refractivity contribution < 1.29 is 9.84 Å². The Bertz CT molecular complexity index is 860. The Hall–Kier alpha value is -2.90. The van der Waals surface area contributed by atoms with Gasteiger partial charge in [0.2, 0.25) is 11.9 Å². The van der Waals surface area contributed by atoms with Crippen molar-refractivity contribution in [3.63, 3.8) is 0 Å². The summed E-state index contributed by atoms with van der Waals surface area (Å²) in [5.74, 6) is 1.60. The highest BCUT2D eigenvalue weighted by atomic mass is 35.5. The number of anilines is 4. The largest absolute Gasteiger partial charge is 0.491 e. The first kappa shape index (κ1) is 17.9. The van der Waals surface area contributed by atoms with Gasteiger partial charge in [0.25, 0.3) is 0 Å². The molecule has 1 heterocycles. The average molecular weight is 372 g/mol. The third-order valence-corrected chi connectivity index (χ3v) is 3.76. The Balaban J connectivity index is 1.73. The number of ether oxygens (including phenoxy) is 1. The third-order valence-electron chi connectivity index (χ3n) is 3.53. The number of nitrogens with one attached hydrogen (secondary N) is 1. The molecular formula is C18H18ClN5O2. The van der Waals surface area contributed by atoms with Gasteiger partial charge >= 0.3 is 0 Å². The Morgan fingerprint density at radius 3 is 2.69 bits per heavy atom. The first-order valence-corrected chi connectivity index (χ1v) is 8.32. The fourth-order valence-corrected chi connectivity index (χ4v) is 2.42. The van der Waals surface area contributed by atoms with Gasteiger partial charge in [-0.1, -0.05) is 17.7 Å². The van der Waals surface area contributed by atoms with Crippen molar-refractivity contribution in [3.8, 4) is 5.75 Å². The van der Waals surface area contributed by atoms with Crippen LogP contribution in [0.3, 0.4) is 0 Å². The quantitative estimate of drug-likeness (QED) is 0.658. The van der Waals surface area contributed by atoms with E-state index in [1.165, 1.54) is 6.33 Å². The van der Waals surface area contributed by atoms with Crippen LogP contribution in [0.1, 0.15) is 0 Å². The van der Waals surface area contributed by atoms with E-state index in [-0.39, 0.29) is 13.2 Å². The minimum Gasteiger partial charge on any atom is -0.491 e. The van der Waals surface area contributed by atoms with Crippen molar-refractivity contribution in [1.82, 2.24) is 15.0 Å². The summed E-state index contributed by atoms with van der Waals surface area (Å²) in [4.78, 5) is 14.6. The second-order valence-corrected chi connectivity index (χ2v) is 5.81. The van der Waals surface area contributed by atoms with Crippen LogP contribution in [0.4, 0.5) is 23.3 Å². The second kappa shape index (κ2) is 8.46. The first-order valence-electron chi connectivity index (χ1n) is 7.95. The van der Waals surface area contributed by atoms with E-state index in [0.29, 0.717) is 22.7 Å². The third kappa shape index (κ3) is 4.59. The molecule has 0 atom stereocenters. The summed E-state index contributed by atoms with van der Waals surface area (Å²) < 4.78 is 5.33. The Morgan fingerprint density at radius 1 is 1.15 bits per heavy atom. The van der Waals surface area contributed by atoms with Crippen LogP contribution < -0.4 is 15.0 Å². The second-order valence-electron chi connectivity index (χ2n) is 5.37. The summed E-state index contributed by atoms with van der Waals surface area (Å²) in [7, 11) is 1.86. The molecule has 0 radical (unpaired) electrons. The molecule has 0 aliphatic heterocycles. The normalized spacial score (nSPS) is 10.4. The van der Waals surface area contributed by atoms with Crippen molar-refractivity contribution in [3.05, 3.63) is 59.9 Å². The molecule has 2 aromatic carbocycles. The lowest BCUT2D eigenvalue weighted by atomic mass is 10.3. The molecule has 0 saturated carbocycles. The van der Waals surface area contributed by atoms with Gasteiger partial charge in [-0.3, -0.25) is 0 Å². The molecule has 0 amide bonds. The molecule has 2 N–H and O–H groups in total. The zero-order valence-corrected chi connectivity index (χ0v) is 14.9. The van der Waals surface area contributed by atoms with E-state index < -0.39 is 0 Å². The predicted molar refractivity (Wildman–Crippen MR) is 102 cm³/mol. The molecule has 3 aromatic rings. The lowest BCUT2D eigenvalue weighted by Crippen LogP contribution is -2.14. The fraction of sp³-hybridized carbons (Fsp3) is 0.167. The van der Waals surface area contributed by atoms with Crippen LogP contribution in [0.15, 0.2) is 54.9 Å². The molecule has 3 rings (SSSR count). The fourth-order valence-electron chi connectivity index (χ4n) is 2.24. The van der Waals surface area contributed by atoms with E-state index in [1.54, 1.807) is 12.1 Å². The van der Waals surface area contributed by atoms with Gasteiger partial charge in [-0.25, -0.2) is 9.97 Å². The van der Waals surface area contributed by atoms with Gasteiger partial charge in [-0.05, 0) is 42.5 Å². The SMILES string of the molecule is CN(c1cccc(Cl)c1)c1ncnc(Nc2ccc(OCCO)cc2)n1. The smallest absolute Gasteiger partial charge is 0.234 e. The van der Waals surface area contributed by atoms with E-state index in [2.05, 4.69) is 20.3 Å². The zero-order valence-electron chi connectivity index (χ0n) is 14.1. The van der Waals surface area contributed by atoms with Crippen molar-refractivity contribution >= 4 is 34.9 Å². The van der Waals surface area contributed by atoms with Gasteiger partial charge in [0.15, 0.2) is 0 Å². The predicted octanol–water partition coefficient (Wildman–Crippen LogP) is 3.41. The molecule has 0 fully saturated rings. The number of nitrogens with zero attached hydrogens (tertiary/aromatic N) is 4. The monoisotopic (exact) mass is 371 g/mol. The average Bonchev–Trinajstić information content (AvgIpc) is 2.67. The molecule has 0 unspecified atom stereocenters. The van der Waals surface area contributed by atoms with Crippen LogP contribution >= 0.6 is 11.6 Å². The molecule has 134 valence electrons. The van der Waals surface area contributed by atoms with Crippen LogP contribution in [0.2, 0.25) is 5.02 Å². The minimum atomic E-state index is -0.0201. The van der Waals surface area contributed by atoms with Gasteiger partial charge in [-0.2, -0.15) is 4.98 Å². The van der Waals surface area contributed by atoms with E-state index in [0.717, 1.165) is 11.4 Å². The maximum absolute atomic E-state index is 8.77. The molecule has 0 aliphatic carbocycles. The number of rotatable bonds is 7. The standard InChI is InChI=1S/C18H18ClN5O2/c1-24(15-4-2-3-13(19)11-15)18-21-12-20-17(23-18)22-14-5-7-16(8-6-14)26-10-9-25/h2-8,11-12,25H,9-10H2,1H3,(H,20,21,22,23). The van der Waals surface area contributed by atoms with Gasteiger partial charge in [0.1, 0.15) is 18.7 Å². The molecule has 1 aromatic heterocycles. The first-order chi connectivity index (χ1) is 12.7.